The van der Waals surface area contributed by atoms with Crippen LogP contribution in [0.1, 0.15) is 22.8 Å². The summed E-state index contributed by atoms with van der Waals surface area (Å²) in [6.07, 6.45) is 1.87. The van der Waals surface area contributed by atoms with E-state index in [9.17, 15) is 13.6 Å². The molecule has 1 heterocycles. The second kappa shape index (κ2) is 7.30. The fourth-order valence-corrected chi connectivity index (χ4v) is 2.72. The van der Waals surface area contributed by atoms with Gasteiger partial charge in [-0.05, 0) is 55.0 Å². The molecule has 2 atom stereocenters. The summed E-state index contributed by atoms with van der Waals surface area (Å²) in [5.74, 6) is -0.433. The molecule has 2 unspecified atom stereocenters. The van der Waals surface area contributed by atoms with Gasteiger partial charge in [-0.15, -0.1) is 0 Å². The number of carbonyl (C=O) groups is 1. The maximum Gasteiger partial charge on any atom is 0.150 e. The first-order valence-electron chi connectivity index (χ1n) is 7.93. The van der Waals surface area contributed by atoms with E-state index >= 15 is 0 Å². The first-order valence-corrected chi connectivity index (χ1v) is 8.51. The SMILES string of the molecule is CC(F)(P)c1ccc(Nc2ccc(C=O)cc2-c2ccc(F)cn2)cc1. The Kier molecular flexibility index (Phi) is 5.10. The van der Waals surface area contributed by atoms with E-state index in [1.165, 1.54) is 13.0 Å². The number of carbonyl (C=O) groups excluding carboxylic acids is 1. The van der Waals surface area contributed by atoms with Gasteiger partial charge in [-0.25, -0.2) is 8.78 Å². The minimum Gasteiger partial charge on any atom is -0.355 e. The lowest BCUT2D eigenvalue weighted by molar-refractivity contribution is 0.112. The van der Waals surface area contributed by atoms with Crippen molar-refractivity contribution in [2.75, 3.05) is 5.32 Å². The summed E-state index contributed by atoms with van der Waals surface area (Å²) in [7, 11) is 2.16. The molecule has 6 heteroatoms. The Bertz CT molecular complexity index is 920. The number of aromatic nitrogens is 1. The van der Waals surface area contributed by atoms with E-state index in [-0.39, 0.29) is 0 Å². The van der Waals surface area contributed by atoms with E-state index in [1.54, 1.807) is 48.5 Å². The first kappa shape index (κ1) is 18.2. The van der Waals surface area contributed by atoms with Crippen LogP contribution in [0.2, 0.25) is 0 Å². The smallest absolute Gasteiger partial charge is 0.150 e. The molecule has 0 saturated carbocycles. The summed E-state index contributed by atoms with van der Waals surface area (Å²) in [6.45, 7) is 1.47. The van der Waals surface area contributed by atoms with Crippen LogP contribution in [0.4, 0.5) is 20.2 Å². The van der Waals surface area contributed by atoms with Gasteiger partial charge < -0.3 is 5.32 Å². The van der Waals surface area contributed by atoms with Gasteiger partial charge in [0.05, 0.1) is 11.9 Å². The van der Waals surface area contributed by atoms with E-state index in [4.69, 9.17) is 0 Å². The Balaban J connectivity index is 1.97. The van der Waals surface area contributed by atoms with E-state index in [0.717, 1.165) is 18.2 Å². The molecule has 0 saturated heterocycles. The highest BCUT2D eigenvalue weighted by Gasteiger charge is 2.18. The highest BCUT2D eigenvalue weighted by atomic mass is 31.0. The summed E-state index contributed by atoms with van der Waals surface area (Å²) < 4.78 is 27.1. The number of alkyl halides is 1. The van der Waals surface area contributed by atoms with Gasteiger partial charge in [0.1, 0.15) is 17.5 Å². The van der Waals surface area contributed by atoms with Crippen molar-refractivity contribution < 1.29 is 13.6 Å². The molecule has 0 radical (unpaired) electrons. The van der Waals surface area contributed by atoms with Crippen molar-refractivity contribution in [1.29, 1.82) is 0 Å². The van der Waals surface area contributed by atoms with Gasteiger partial charge in [-0.3, -0.25) is 9.78 Å². The molecule has 3 rings (SSSR count). The van der Waals surface area contributed by atoms with Gasteiger partial charge in [0.2, 0.25) is 0 Å². The zero-order valence-electron chi connectivity index (χ0n) is 14.0. The highest BCUT2D eigenvalue weighted by molar-refractivity contribution is 7.18. The molecule has 3 nitrogen and oxygen atoms in total. The number of nitrogens with zero attached hydrogens (tertiary/aromatic N) is 1. The van der Waals surface area contributed by atoms with E-state index < -0.39 is 11.2 Å². The maximum absolute atomic E-state index is 14.0. The Morgan fingerprint density at radius 1 is 1.12 bits per heavy atom. The molecule has 0 amide bonds. The third-order valence-electron chi connectivity index (χ3n) is 3.91. The van der Waals surface area contributed by atoms with Gasteiger partial charge in [0.25, 0.3) is 0 Å². The topological polar surface area (TPSA) is 42.0 Å². The monoisotopic (exact) mass is 370 g/mol. The lowest BCUT2D eigenvalue weighted by Crippen LogP contribution is -2.04. The normalized spacial score (nSPS) is 13.1. The zero-order chi connectivity index (χ0) is 18.7. The van der Waals surface area contributed by atoms with Crippen LogP contribution in [0.3, 0.4) is 0 Å². The van der Waals surface area contributed by atoms with Crippen LogP contribution in [-0.4, -0.2) is 11.3 Å². The van der Waals surface area contributed by atoms with Crippen molar-refractivity contribution in [3.8, 4) is 11.3 Å². The largest absolute Gasteiger partial charge is 0.355 e. The van der Waals surface area contributed by atoms with E-state index in [0.29, 0.717) is 28.1 Å². The third kappa shape index (κ3) is 4.12. The van der Waals surface area contributed by atoms with Crippen LogP contribution < -0.4 is 5.32 Å². The molecule has 132 valence electrons. The highest BCUT2D eigenvalue weighted by Crippen LogP contribution is 2.34. The maximum atomic E-state index is 14.0. The molecule has 2 aromatic carbocycles. The average Bonchev–Trinajstić information content (AvgIpc) is 2.62. The van der Waals surface area contributed by atoms with Gasteiger partial charge in [-0.1, -0.05) is 21.4 Å². The number of anilines is 2. The molecular weight excluding hydrogens is 353 g/mol. The summed E-state index contributed by atoms with van der Waals surface area (Å²) in [4.78, 5) is 15.2. The Labute approximate surface area is 152 Å². The van der Waals surface area contributed by atoms with Gasteiger partial charge in [0, 0.05) is 22.5 Å². The van der Waals surface area contributed by atoms with Crippen LogP contribution in [0, 0.1) is 5.82 Å². The van der Waals surface area contributed by atoms with Crippen molar-refractivity contribution in [2.45, 2.75) is 12.3 Å². The third-order valence-corrected chi connectivity index (χ3v) is 4.24. The number of pyridine rings is 1. The van der Waals surface area contributed by atoms with Crippen LogP contribution >= 0.6 is 9.24 Å². The van der Waals surface area contributed by atoms with E-state index in [2.05, 4.69) is 19.5 Å². The summed E-state index contributed by atoms with van der Waals surface area (Å²) in [6, 6.07) is 14.9. The number of benzene rings is 2. The number of nitrogens with one attached hydrogen (secondary N) is 1. The van der Waals surface area contributed by atoms with Crippen LogP contribution in [-0.2, 0) is 5.41 Å². The number of aldehydes is 1. The molecular formula is C20H17F2N2OP. The van der Waals surface area contributed by atoms with E-state index in [1.807, 2.05) is 0 Å². The van der Waals surface area contributed by atoms with Crippen LogP contribution in [0.25, 0.3) is 11.3 Å². The predicted molar refractivity (Wildman–Crippen MR) is 103 cm³/mol. The zero-order valence-corrected chi connectivity index (χ0v) is 15.2. The fraction of sp³-hybridized carbons (Fsp3) is 0.100. The molecule has 0 spiro atoms. The second-order valence-corrected chi connectivity index (χ2v) is 7.15. The lowest BCUT2D eigenvalue weighted by Gasteiger charge is -2.16. The van der Waals surface area contributed by atoms with Crippen molar-refractivity contribution in [1.82, 2.24) is 4.98 Å². The molecule has 0 fully saturated rings. The number of hydrogen-bond donors (Lipinski definition) is 1. The molecule has 0 aliphatic rings. The molecule has 0 bridgehead atoms. The Morgan fingerprint density at radius 2 is 1.85 bits per heavy atom. The predicted octanol–water partition coefficient (Wildman–Crippen LogP) is 5.46. The van der Waals surface area contributed by atoms with Crippen molar-refractivity contribution in [3.05, 3.63) is 77.7 Å². The van der Waals surface area contributed by atoms with Crippen molar-refractivity contribution in [2.24, 2.45) is 0 Å². The minimum absolute atomic E-state index is 0.433. The number of hydrogen-bond acceptors (Lipinski definition) is 3. The van der Waals surface area contributed by atoms with Gasteiger partial charge >= 0.3 is 0 Å². The Hall–Kier alpha value is -2.65. The van der Waals surface area contributed by atoms with Crippen LogP contribution in [0.15, 0.2) is 60.8 Å². The molecule has 1 N–H and O–H groups in total. The summed E-state index contributed by atoms with van der Waals surface area (Å²) in [5.41, 5.74) is 3.70. The molecule has 0 aliphatic heterocycles. The van der Waals surface area contributed by atoms with Crippen molar-refractivity contribution in [3.63, 3.8) is 0 Å². The Morgan fingerprint density at radius 3 is 2.42 bits per heavy atom. The molecule has 3 aromatic rings. The summed E-state index contributed by atoms with van der Waals surface area (Å²) in [5, 5.41) is 1.74. The first-order chi connectivity index (χ1) is 12.4. The van der Waals surface area contributed by atoms with Gasteiger partial charge in [-0.2, -0.15) is 0 Å². The standard InChI is InChI=1S/C20H17F2N2OP/c1-20(22,26)14-3-6-16(7-4-14)24-19-8-2-13(12-25)10-17(19)18-9-5-15(21)11-23-18/h2-12,24H,26H2,1H3. The number of rotatable bonds is 5. The average molecular weight is 370 g/mol. The van der Waals surface area contributed by atoms with Crippen molar-refractivity contribution >= 4 is 26.9 Å². The fourth-order valence-electron chi connectivity index (χ4n) is 2.53. The quantitative estimate of drug-likeness (QED) is 0.479. The molecule has 26 heavy (non-hydrogen) atoms. The lowest BCUT2D eigenvalue weighted by atomic mass is 10.0. The van der Waals surface area contributed by atoms with Gasteiger partial charge in [0.15, 0.2) is 0 Å². The number of halogens is 2. The molecule has 1 aromatic heterocycles. The molecule has 0 aliphatic carbocycles. The second-order valence-electron chi connectivity index (χ2n) is 6.06. The minimum atomic E-state index is -1.49. The van der Waals surface area contributed by atoms with Crippen LogP contribution in [0.5, 0.6) is 0 Å². The summed E-state index contributed by atoms with van der Waals surface area (Å²) >= 11 is 0.